The monoisotopic (exact) mass is 291 g/mol. The van der Waals surface area contributed by atoms with E-state index < -0.39 is 0 Å². The van der Waals surface area contributed by atoms with Crippen molar-refractivity contribution in [3.8, 4) is 11.8 Å². The molecule has 1 aromatic rings. The molecule has 1 aliphatic rings. The second-order valence-corrected chi connectivity index (χ2v) is 6.33. The predicted molar refractivity (Wildman–Crippen MR) is 81.9 cm³/mol. The summed E-state index contributed by atoms with van der Waals surface area (Å²) < 4.78 is 0. The van der Waals surface area contributed by atoms with Gasteiger partial charge in [0.05, 0.1) is 9.75 Å². The number of carbonyl (C=O) groups excluding carboxylic acids is 1. The van der Waals surface area contributed by atoms with Crippen LogP contribution in [0.1, 0.15) is 52.2 Å². The Morgan fingerprint density at radius 2 is 2.25 bits per heavy atom. The van der Waals surface area contributed by atoms with E-state index in [1.165, 1.54) is 37.0 Å². The number of hydrogen-bond acceptors (Lipinski definition) is 3. The third-order valence-corrected chi connectivity index (χ3v) is 4.89. The van der Waals surface area contributed by atoms with E-state index in [1.807, 2.05) is 13.0 Å². The summed E-state index contributed by atoms with van der Waals surface area (Å²) in [6, 6.07) is 1.87. The summed E-state index contributed by atoms with van der Waals surface area (Å²) >= 11 is 1.39. The fraction of sp³-hybridized carbons (Fsp3) is 0.562. The summed E-state index contributed by atoms with van der Waals surface area (Å²) in [6.07, 6.45) is 6.41. The van der Waals surface area contributed by atoms with Gasteiger partial charge in [-0.15, -0.1) is 11.3 Å². The van der Waals surface area contributed by atoms with E-state index in [2.05, 4.69) is 17.2 Å². The first kappa shape index (κ1) is 15.1. The molecule has 0 aromatic carbocycles. The van der Waals surface area contributed by atoms with Gasteiger partial charge < -0.3 is 10.4 Å². The van der Waals surface area contributed by atoms with Crippen molar-refractivity contribution in [3.05, 3.63) is 21.4 Å². The van der Waals surface area contributed by atoms with E-state index in [0.29, 0.717) is 4.88 Å². The quantitative estimate of drug-likeness (QED) is 0.838. The highest BCUT2D eigenvalue weighted by molar-refractivity contribution is 7.14. The fourth-order valence-electron chi connectivity index (χ4n) is 2.61. The number of aryl methyl sites for hydroxylation is 1. The molecule has 2 rings (SSSR count). The van der Waals surface area contributed by atoms with Gasteiger partial charge in [-0.2, -0.15) is 0 Å². The van der Waals surface area contributed by atoms with Gasteiger partial charge in [0.15, 0.2) is 0 Å². The van der Waals surface area contributed by atoms with Crippen LogP contribution in [0.3, 0.4) is 0 Å². The third kappa shape index (κ3) is 4.09. The van der Waals surface area contributed by atoms with E-state index in [9.17, 15) is 4.79 Å². The van der Waals surface area contributed by atoms with E-state index >= 15 is 0 Å². The molecule has 0 atom stereocenters. The lowest BCUT2D eigenvalue weighted by Crippen LogP contribution is -2.24. The number of aliphatic hydroxyl groups excluding tert-OH is 1. The van der Waals surface area contributed by atoms with Gasteiger partial charge in [0.2, 0.25) is 0 Å². The lowest BCUT2D eigenvalue weighted by molar-refractivity contribution is 0.0955. The van der Waals surface area contributed by atoms with Crippen molar-refractivity contribution in [1.82, 2.24) is 5.32 Å². The minimum absolute atomic E-state index is 0.00635. The highest BCUT2D eigenvalue weighted by Gasteiger charge is 2.16. The number of carbonyl (C=O) groups is 1. The Labute approximate surface area is 124 Å². The second kappa shape index (κ2) is 7.47. The summed E-state index contributed by atoms with van der Waals surface area (Å²) in [7, 11) is 0. The SMILES string of the molecule is Cc1cc(C(=O)NCCC2CCCC2)sc1C#CCO. The van der Waals surface area contributed by atoms with Crippen LogP contribution >= 0.6 is 11.3 Å². The van der Waals surface area contributed by atoms with Crippen LogP contribution in [0.25, 0.3) is 0 Å². The lowest BCUT2D eigenvalue weighted by Gasteiger charge is -2.08. The molecule has 3 nitrogen and oxygen atoms in total. The molecule has 0 unspecified atom stereocenters. The van der Waals surface area contributed by atoms with Gasteiger partial charge in [-0.3, -0.25) is 4.79 Å². The normalized spacial score (nSPS) is 14.9. The molecule has 0 bridgehead atoms. The molecule has 1 aliphatic carbocycles. The first-order chi connectivity index (χ1) is 9.70. The van der Waals surface area contributed by atoms with Gasteiger partial charge in [0.1, 0.15) is 6.61 Å². The number of amides is 1. The molecule has 0 radical (unpaired) electrons. The zero-order valence-electron chi connectivity index (χ0n) is 11.9. The van der Waals surface area contributed by atoms with Crippen molar-refractivity contribution in [2.45, 2.75) is 39.0 Å². The summed E-state index contributed by atoms with van der Waals surface area (Å²) in [6.45, 7) is 2.55. The molecule has 4 heteroatoms. The van der Waals surface area contributed by atoms with Crippen molar-refractivity contribution >= 4 is 17.2 Å². The Balaban J connectivity index is 1.85. The first-order valence-corrected chi connectivity index (χ1v) is 8.00. The third-order valence-electron chi connectivity index (χ3n) is 3.74. The van der Waals surface area contributed by atoms with Gasteiger partial charge in [-0.1, -0.05) is 37.5 Å². The molecule has 0 spiro atoms. The summed E-state index contributed by atoms with van der Waals surface area (Å²) in [5.74, 6) is 6.29. The first-order valence-electron chi connectivity index (χ1n) is 7.19. The van der Waals surface area contributed by atoms with Gasteiger partial charge in [0.25, 0.3) is 5.91 Å². The molecule has 2 N–H and O–H groups in total. The van der Waals surface area contributed by atoms with E-state index in [-0.39, 0.29) is 12.5 Å². The molecule has 1 fully saturated rings. The molecule has 1 aromatic heterocycles. The maximum Gasteiger partial charge on any atom is 0.261 e. The predicted octanol–water partition coefficient (Wildman–Crippen LogP) is 2.71. The average Bonchev–Trinajstić information content (AvgIpc) is 3.06. The molecule has 0 saturated heterocycles. The molecule has 1 saturated carbocycles. The Morgan fingerprint density at radius 1 is 1.50 bits per heavy atom. The molecule has 1 heterocycles. The van der Waals surface area contributed by atoms with Crippen LogP contribution in [-0.2, 0) is 0 Å². The molecular formula is C16H21NO2S. The van der Waals surface area contributed by atoms with Crippen molar-refractivity contribution < 1.29 is 9.90 Å². The molecule has 20 heavy (non-hydrogen) atoms. The van der Waals surface area contributed by atoms with Crippen molar-refractivity contribution in [3.63, 3.8) is 0 Å². The number of aliphatic hydroxyl groups is 1. The largest absolute Gasteiger partial charge is 0.384 e. The molecular weight excluding hydrogens is 270 g/mol. The second-order valence-electron chi connectivity index (χ2n) is 5.28. The van der Waals surface area contributed by atoms with Crippen molar-refractivity contribution in [1.29, 1.82) is 0 Å². The standard InChI is InChI=1S/C16H21NO2S/c1-12-11-15(20-14(12)7-4-10-18)16(19)17-9-8-13-5-2-3-6-13/h11,13,18H,2-3,5-6,8-10H2,1H3,(H,17,19). The number of nitrogens with one attached hydrogen (secondary N) is 1. The molecule has 0 aliphatic heterocycles. The average molecular weight is 291 g/mol. The summed E-state index contributed by atoms with van der Waals surface area (Å²) in [5.41, 5.74) is 0.997. The van der Waals surface area contributed by atoms with Gasteiger partial charge in [0, 0.05) is 6.54 Å². The van der Waals surface area contributed by atoms with Gasteiger partial charge >= 0.3 is 0 Å². The molecule has 1 amide bonds. The van der Waals surface area contributed by atoms with Gasteiger partial charge in [-0.05, 0) is 30.9 Å². The van der Waals surface area contributed by atoms with Gasteiger partial charge in [-0.25, -0.2) is 0 Å². The minimum atomic E-state index is -0.153. The van der Waals surface area contributed by atoms with Crippen LogP contribution in [0, 0.1) is 24.7 Å². The topological polar surface area (TPSA) is 49.3 Å². The van der Waals surface area contributed by atoms with Crippen LogP contribution in [0.4, 0.5) is 0 Å². The Morgan fingerprint density at radius 3 is 2.95 bits per heavy atom. The zero-order chi connectivity index (χ0) is 14.4. The van der Waals surface area contributed by atoms with Crippen LogP contribution in [0.5, 0.6) is 0 Å². The number of hydrogen-bond donors (Lipinski definition) is 2. The highest BCUT2D eigenvalue weighted by Crippen LogP contribution is 2.27. The van der Waals surface area contributed by atoms with Crippen LogP contribution in [0.15, 0.2) is 6.07 Å². The maximum absolute atomic E-state index is 12.1. The van der Waals surface area contributed by atoms with Crippen molar-refractivity contribution in [2.24, 2.45) is 5.92 Å². The van der Waals surface area contributed by atoms with E-state index in [1.54, 1.807) is 0 Å². The molecule has 108 valence electrons. The summed E-state index contributed by atoms with van der Waals surface area (Å²) in [4.78, 5) is 13.6. The fourth-order valence-corrected chi connectivity index (χ4v) is 3.58. The van der Waals surface area contributed by atoms with Crippen LogP contribution in [-0.4, -0.2) is 24.2 Å². The highest BCUT2D eigenvalue weighted by atomic mass is 32.1. The number of thiophene rings is 1. The smallest absolute Gasteiger partial charge is 0.261 e. The summed E-state index contributed by atoms with van der Waals surface area (Å²) in [5, 5.41) is 11.7. The van der Waals surface area contributed by atoms with Crippen molar-refractivity contribution in [2.75, 3.05) is 13.2 Å². The Hall–Kier alpha value is -1.31. The maximum atomic E-state index is 12.1. The Kier molecular flexibility index (Phi) is 5.63. The van der Waals surface area contributed by atoms with Crippen LogP contribution in [0.2, 0.25) is 0 Å². The Bertz CT molecular complexity index is 518. The zero-order valence-corrected chi connectivity index (χ0v) is 12.7. The van der Waals surface area contributed by atoms with E-state index in [0.717, 1.165) is 29.3 Å². The van der Waals surface area contributed by atoms with E-state index in [4.69, 9.17) is 5.11 Å². The number of rotatable bonds is 4. The minimum Gasteiger partial charge on any atom is -0.384 e. The lowest BCUT2D eigenvalue weighted by atomic mass is 10.0. The van der Waals surface area contributed by atoms with Crippen LogP contribution < -0.4 is 5.32 Å².